The van der Waals surface area contributed by atoms with E-state index in [-0.39, 0.29) is 45.8 Å². The van der Waals surface area contributed by atoms with E-state index in [1.54, 1.807) is 92.6 Å². The number of benzene rings is 1. The Hall–Kier alpha value is -4.64. The van der Waals surface area contributed by atoms with Crippen molar-refractivity contribution in [3.63, 3.8) is 0 Å². The van der Waals surface area contributed by atoms with Crippen molar-refractivity contribution >= 4 is 36.1 Å². The van der Waals surface area contributed by atoms with Gasteiger partial charge in [0.1, 0.15) is 23.9 Å². The standard InChI is InChI=1S/C36H59N5O12/c1-10-48-30(44)28(31(49-11-2)50-12-3)41-29(43)26(40-33(46)51-23-24-17-14-13-15-18-24)22-38-27(42)21-25(39-34(47)53-36(7,8)9)19-16-20-37-32(45)52-35(4,5)6/h13-15,17-18,25-26,28,31H,10-12,16,19-23H2,1-9H3,(H,37,45)(H,38,42)(H,39,47)(H,40,46)(H,41,43)/t25-,26-,28+/m0/s1. The first-order chi connectivity index (χ1) is 24.9. The molecule has 1 aromatic carbocycles. The van der Waals surface area contributed by atoms with Crippen molar-refractivity contribution in [2.24, 2.45) is 0 Å². The molecule has 53 heavy (non-hydrogen) atoms. The number of hydrogen-bond donors (Lipinski definition) is 5. The molecule has 1 rings (SSSR count). The summed E-state index contributed by atoms with van der Waals surface area (Å²) in [5.41, 5.74) is -0.791. The Kier molecular flexibility index (Phi) is 20.9. The number of ether oxygens (including phenoxy) is 6. The highest BCUT2D eigenvalue weighted by Gasteiger charge is 2.35. The Morgan fingerprint density at radius 2 is 1.30 bits per heavy atom. The van der Waals surface area contributed by atoms with Crippen molar-refractivity contribution in [2.75, 3.05) is 32.9 Å². The van der Waals surface area contributed by atoms with Gasteiger partial charge in [0.25, 0.3) is 0 Å². The molecule has 0 aliphatic heterocycles. The van der Waals surface area contributed by atoms with E-state index in [0.29, 0.717) is 12.0 Å². The summed E-state index contributed by atoms with van der Waals surface area (Å²) in [4.78, 5) is 77.3. The van der Waals surface area contributed by atoms with Crippen molar-refractivity contribution in [2.45, 2.75) is 124 Å². The van der Waals surface area contributed by atoms with Crippen LogP contribution in [0.25, 0.3) is 0 Å². The van der Waals surface area contributed by atoms with Crippen molar-refractivity contribution in [1.29, 1.82) is 0 Å². The summed E-state index contributed by atoms with van der Waals surface area (Å²) in [5.74, 6) is -2.30. The molecule has 3 atom stereocenters. The summed E-state index contributed by atoms with van der Waals surface area (Å²) in [6.45, 7) is 15.2. The second-order valence-electron chi connectivity index (χ2n) is 13.7. The predicted octanol–water partition coefficient (Wildman–Crippen LogP) is 3.43. The van der Waals surface area contributed by atoms with Crippen LogP contribution in [0.2, 0.25) is 0 Å². The average Bonchev–Trinajstić information content (AvgIpc) is 3.05. The van der Waals surface area contributed by atoms with Gasteiger partial charge in [0.15, 0.2) is 12.3 Å². The predicted molar refractivity (Wildman–Crippen MR) is 193 cm³/mol. The molecular weight excluding hydrogens is 694 g/mol. The number of amides is 5. The van der Waals surface area contributed by atoms with Crippen LogP contribution in [-0.2, 0) is 49.4 Å². The fourth-order valence-corrected chi connectivity index (χ4v) is 4.47. The maximum Gasteiger partial charge on any atom is 0.408 e. The largest absolute Gasteiger partial charge is 0.464 e. The van der Waals surface area contributed by atoms with Crippen molar-refractivity contribution in [1.82, 2.24) is 26.6 Å². The van der Waals surface area contributed by atoms with Crippen LogP contribution in [0.3, 0.4) is 0 Å². The van der Waals surface area contributed by atoms with Gasteiger partial charge < -0.3 is 55.0 Å². The summed E-state index contributed by atoms with van der Waals surface area (Å²) >= 11 is 0. The quantitative estimate of drug-likeness (QED) is 0.0528. The molecule has 0 saturated carbocycles. The van der Waals surface area contributed by atoms with Crippen LogP contribution >= 0.6 is 0 Å². The third kappa shape index (κ3) is 21.5. The Balaban J connectivity index is 3.14. The van der Waals surface area contributed by atoms with E-state index in [9.17, 15) is 28.8 Å². The van der Waals surface area contributed by atoms with Gasteiger partial charge in [0, 0.05) is 38.8 Å². The van der Waals surface area contributed by atoms with Gasteiger partial charge in [-0.05, 0) is 80.7 Å². The molecule has 0 aliphatic rings. The molecule has 0 aromatic heterocycles. The SMILES string of the molecule is CCOC(=O)[C@@H](NC(=O)[C@H](CNC(=O)C[C@H](CCCNC(=O)OC(C)(C)C)NC(=O)OC(C)(C)C)NC(=O)OCc1ccccc1)C(OCC)OCC. The summed E-state index contributed by atoms with van der Waals surface area (Å²) < 4.78 is 32.1. The normalized spacial score (nSPS) is 13.1. The fraction of sp³-hybridized carbons (Fsp3) is 0.667. The van der Waals surface area contributed by atoms with Crippen molar-refractivity contribution in [3.05, 3.63) is 35.9 Å². The number of rotatable bonds is 21. The lowest BCUT2D eigenvalue weighted by Crippen LogP contribution is -2.59. The molecule has 0 spiro atoms. The van der Waals surface area contributed by atoms with E-state index in [1.165, 1.54) is 0 Å². The van der Waals surface area contributed by atoms with Gasteiger partial charge >= 0.3 is 24.2 Å². The van der Waals surface area contributed by atoms with E-state index in [1.807, 2.05) is 0 Å². The lowest BCUT2D eigenvalue weighted by atomic mass is 10.1. The molecule has 0 aliphatic carbocycles. The van der Waals surface area contributed by atoms with Crippen LogP contribution in [-0.4, -0.2) is 105 Å². The molecule has 300 valence electrons. The second kappa shape index (κ2) is 23.8. The summed E-state index contributed by atoms with van der Waals surface area (Å²) in [5, 5.41) is 12.9. The molecule has 1 aromatic rings. The highest BCUT2D eigenvalue weighted by molar-refractivity contribution is 5.90. The first-order valence-corrected chi connectivity index (χ1v) is 17.8. The van der Waals surface area contributed by atoms with E-state index >= 15 is 0 Å². The number of alkyl carbamates (subject to hydrolysis) is 3. The fourth-order valence-electron chi connectivity index (χ4n) is 4.47. The molecule has 17 nitrogen and oxygen atoms in total. The third-order valence-corrected chi connectivity index (χ3v) is 6.65. The molecule has 5 amide bonds. The maximum atomic E-state index is 13.6. The first-order valence-electron chi connectivity index (χ1n) is 17.8. The van der Waals surface area contributed by atoms with Crippen LogP contribution < -0.4 is 26.6 Å². The lowest BCUT2D eigenvalue weighted by molar-refractivity contribution is -0.180. The summed E-state index contributed by atoms with van der Waals surface area (Å²) in [6, 6.07) is 5.24. The first kappa shape index (κ1) is 46.4. The Morgan fingerprint density at radius 1 is 0.698 bits per heavy atom. The molecule has 0 saturated heterocycles. The van der Waals surface area contributed by atoms with E-state index in [4.69, 9.17) is 28.4 Å². The molecule has 0 bridgehead atoms. The van der Waals surface area contributed by atoms with Crippen LogP contribution in [0.1, 0.15) is 87.1 Å². The highest BCUT2D eigenvalue weighted by Crippen LogP contribution is 2.11. The second-order valence-corrected chi connectivity index (χ2v) is 13.7. The number of carbonyl (C=O) groups excluding carboxylic acids is 6. The number of carbonyl (C=O) groups is 6. The van der Waals surface area contributed by atoms with E-state index in [2.05, 4.69) is 26.6 Å². The van der Waals surface area contributed by atoms with Gasteiger partial charge in [-0.2, -0.15) is 0 Å². The van der Waals surface area contributed by atoms with Gasteiger partial charge in [0.2, 0.25) is 11.8 Å². The van der Waals surface area contributed by atoms with Crippen molar-refractivity contribution in [3.8, 4) is 0 Å². The number of hydrogen-bond acceptors (Lipinski definition) is 12. The molecule has 5 N–H and O–H groups in total. The zero-order valence-corrected chi connectivity index (χ0v) is 32.5. The monoisotopic (exact) mass is 753 g/mol. The van der Waals surface area contributed by atoms with Gasteiger partial charge in [-0.25, -0.2) is 19.2 Å². The minimum Gasteiger partial charge on any atom is -0.464 e. The molecular formula is C36H59N5O12. The number of nitrogens with one attached hydrogen (secondary N) is 5. The molecule has 0 unspecified atom stereocenters. The van der Waals surface area contributed by atoms with Gasteiger partial charge in [-0.15, -0.1) is 0 Å². The molecule has 0 radical (unpaired) electrons. The Morgan fingerprint density at radius 3 is 1.87 bits per heavy atom. The minimum absolute atomic E-state index is 0.00921. The minimum atomic E-state index is -1.45. The third-order valence-electron chi connectivity index (χ3n) is 6.65. The smallest absolute Gasteiger partial charge is 0.408 e. The van der Waals surface area contributed by atoms with E-state index in [0.717, 1.165) is 0 Å². The average molecular weight is 754 g/mol. The topological polar surface area (TPSA) is 218 Å². The maximum absolute atomic E-state index is 13.6. The van der Waals surface area contributed by atoms with E-state index < -0.39 is 78.2 Å². The van der Waals surface area contributed by atoms with Crippen LogP contribution in [0, 0.1) is 0 Å². The zero-order valence-electron chi connectivity index (χ0n) is 32.5. The summed E-state index contributed by atoms with van der Waals surface area (Å²) in [6.07, 6.45) is -3.16. The number of esters is 1. The van der Waals surface area contributed by atoms with Gasteiger partial charge in [-0.1, -0.05) is 30.3 Å². The van der Waals surface area contributed by atoms with Crippen molar-refractivity contribution < 1.29 is 57.2 Å². The zero-order chi connectivity index (χ0) is 40.0. The lowest BCUT2D eigenvalue weighted by Gasteiger charge is -2.28. The van der Waals surface area contributed by atoms with Gasteiger partial charge in [-0.3, -0.25) is 9.59 Å². The molecule has 0 fully saturated rings. The Bertz CT molecular complexity index is 1290. The van der Waals surface area contributed by atoms with Crippen LogP contribution in [0.4, 0.5) is 14.4 Å². The Labute approximate surface area is 312 Å². The van der Waals surface area contributed by atoms with Crippen LogP contribution in [0.5, 0.6) is 0 Å². The highest BCUT2D eigenvalue weighted by atomic mass is 16.7. The molecule has 17 heteroatoms. The van der Waals surface area contributed by atoms with Crippen LogP contribution in [0.15, 0.2) is 30.3 Å². The van der Waals surface area contributed by atoms with Gasteiger partial charge in [0.05, 0.1) is 6.61 Å². The summed E-state index contributed by atoms with van der Waals surface area (Å²) in [7, 11) is 0. The molecule has 0 heterocycles.